The van der Waals surface area contributed by atoms with Gasteiger partial charge in [-0.2, -0.15) is 0 Å². The van der Waals surface area contributed by atoms with E-state index in [-0.39, 0.29) is 5.91 Å². The third-order valence-corrected chi connectivity index (χ3v) is 4.93. The molecule has 0 saturated carbocycles. The van der Waals surface area contributed by atoms with Gasteiger partial charge in [0.25, 0.3) is 0 Å². The van der Waals surface area contributed by atoms with Crippen LogP contribution in [0.1, 0.15) is 24.5 Å². The lowest BCUT2D eigenvalue weighted by molar-refractivity contribution is -0.131. The standard InChI is InChI=1S/C21H26N2O/c1-17(24)23-13-12-21(22-15-19-10-6-3-7-11-19)20(16-23)14-18-8-4-2-5-9-18/h2-11,20-22H,12-16H2,1H3/t20-,21+/m1/s1. The Balaban J connectivity index is 1.66. The molecule has 0 bridgehead atoms. The predicted molar refractivity (Wildman–Crippen MR) is 97.6 cm³/mol. The molecule has 0 radical (unpaired) electrons. The lowest BCUT2D eigenvalue weighted by Gasteiger charge is -2.39. The second kappa shape index (κ2) is 8.11. The second-order valence-corrected chi connectivity index (χ2v) is 6.68. The van der Waals surface area contributed by atoms with Crippen molar-refractivity contribution >= 4 is 5.91 Å². The van der Waals surface area contributed by atoms with Crippen molar-refractivity contribution in [3.8, 4) is 0 Å². The van der Waals surface area contributed by atoms with Gasteiger partial charge in [0, 0.05) is 32.6 Å². The lowest BCUT2D eigenvalue weighted by atomic mass is 9.86. The molecule has 2 aromatic rings. The highest BCUT2D eigenvalue weighted by molar-refractivity contribution is 5.73. The van der Waals surface area contributed by atoms with Crippen LogP contribution in [-0.4, -0.2) is 29.9 Å². The van der Waals surface area contributed by atoms with Crippen LogP contribution < -0.4 is 5.32 Å². The highest BCUT2D eigenvalue weighted by Gasteiger charge is 2.30. The molecule has 0 aliphatic carbocycles. The van der Waals surface area contributed by atoms with Crippen molar-refractivity contribution in [1.82, 2.24) is 10.2 Å². The molecular weight excluding hydrogens is 296 g/mol. The number of carbonyl (C=O) groups excluding carboxylic acids is 1. The van der Waals surface area contributed by atoms with Crippen LogP contribution in [0.25, 0.3) is 0 Å². The molecule has 3 heteroatoms. The number of amides is 1. The van der Waals surface area contributed by atoms with E-state index in [4.69, 9.17) is 0 Å². The van der Waals surface area contributed by atoms with E-state index in [1.165, 1.54) is 11.1 Å². The van der Waals surface area contributed by atoms with Gasteiger partial charge in [0.15, 0.2) is 0 Å². The highest BCUT2D eigenvalue weighted by Crippen LogP contribution is 2.22. The number of carbonyl (C=O) groups is 1. The zero-order valence-corrected chi connectivity index (χ0v) is 14.3. The van der Waals surface area contributed by atoms with Gasteiger partial charge >= 0.3 is 0 Å². The Hall–Kier alpha value is -2.13. The normalized spacial score (nSPS) is 20.8. The fourth-order valence-corrected chi connectivity index (χ4v) is 3.56. The van der Waals surface area contributed by atoms with Crippen molar-refractivity contribution in [2.45, 2.75) is 32.4 Å². The van der Waals surface area contributed by atoms with Gasteiger partial charge in [-0.15, -0.1) is 0 Å². The predicted octanol–water partition coefficient (Wildman–Crippen LogP) is 3.26. The summed E-state index contributed by atoms with van der Waals surface area (Å²) in [4.78, 5) is 13.8. The molecule has 1 N–H and O–H groups in total. The molecule has 2 atom stereocenters. The van der Waals surface area contributed by atoms with Gasteiger partial charge in [-0.25, -0.2) is 0 Å². The van der Waals surface area contributed by atoms with Gasteiger partial charge in [0.2, 0.25) is 5.91 Å². The van der Waals surface area contributed by atoms with Gasteiger partial charge in [0.05, 0.1) is 0 Å². The van der Waals surface area contributed by atoms with Crippen LogP contribution in [0.2, 0.25) is 0 Å². The van der Waals surface area contributed by atoms with Gasteiger partial charge in [-0.3, -0.25) is 4.79 Å². The molecule has 0 unspecified atom stereocenters. The van der Waals surface area contributed by atoms with E-state index in [2.05, 4.69) is 59.9 Å². The number of hydrogen-bond acceptors (Lipinski definition) is 2. The Morgan fingerprint density at radius 2 is 1.67 bits per heavy atom. The molecular formula is C21H26N2O. The van der Waals surface area contributed by atoms with Crippen LogP contribution in [0.3, 0.4) is 0 Å². The van der Waals surface area contributed by atoms with Crippen molar-refractivity contribution in [3.05, 3.63) is 71.8 Å². The quantitative estimate of drug-likeness (QED) is 0.916. The van der Waals surface area contributed by atoms with Crippen molar-refractivity contribution in [2.75, 3.05) is 13.1 Å². The SMILES string of the molecule is CC(=O)N1CC[C@H](NCc2ccccc2)[C@H](Cc2ccccc2)C1. The lowest BCUT2D eigenvalue weighted by Crippen LogP contribution is -2.51. The van der Waals surface area contributed by atoms with E-state index in [9.17, 15) is 4.79 Å². The van der Waals surface area contributed by atoms with E-state index >= 15 is 0 Å². The van der Waals surface area contributed by atoms with Crippen LogP contribution in [-0.2, 0) is 17.8 Å². The summed E-state index contributed by atoms with van der Waals surface area (Å²) in [6.45, 7) is 4.26. The van der Waals surface area contributed by atoms with E-state index < -0.39 is 0 Å². The van der Waals surface area contributed by atoms with E-state index in [0.29, 0.717) is 12.0 Å². The molecule has 1 aliphatic heterocycles. The topological polar surface area (TPSA) is 32.3 Å². The summed E-state index contributed by atoms with van der Waals surface area (Å²) in [5, 5.41) is 3.73. The molecule has 2 aromatic carbocycles. The summed E-state index contributed by atoms with van der Waals surface area (Å²) in [6.07, 6.45) is 2.03. The fraction of sp³-hybridized carbons (Fsp3) is 0.381. The minimum absolute atomic E-state index is 0.189. The average molecular weight is 322 g/mol. The first-order valence-corrected chi connectivity index (χ1v) is 8.79. The van der Waals surface area contributed by atoms with Gasteiger partial charge in [0.1, 0.15) is 0 Å². The number of hydrogen-bond donors (Lipinski definition) is 1. The van der Waals surface area contributed by atoms with Crippen LogP contribution in [0, 0.1) is 5.92 Å². The van der Waals surface area contributed by atoms with Crippen LogP contribution in [0.4, 0.5) is 0 Å². The highest BCUT2D eigenvalue weighted by atomic mass is 16.2. The molecule has 1 amide bonds. The number of piperidine rings is 1. The second-order valence-electron chi connectivity index (χ2n) is 6.68. The third kappa shape index (κ3) is 4.45. The van der Waals surface area contributed by atoms with Gasteiger partial charge in [-0.05, 0) is 29.9 Å². The minimum Gasteiger partial charge on any atom is -0.343 e. The summed E-state index contributed by atoms with van der Waals surface area (Å²) in [5.41, 5.74) is 2.66. The van der Waals surface area contributed by atoms with Crippen molar-refractivity contribution in [2.24, 2.45) is 5.92 Å². The monoisotopic (exact) mass is 322 g/mol. The van der Waals surface area contributed by atoms with E-state index in [1.54, 1.807) is 6.92 Å². The Morgan fingerprint density at radius 1 is 1.04 bits per heavy atom. The first kappa shape index (κ1) is 16.7. The van der Waals surface area contributed by atoms with E-state index in [1.807, 2.05) is 11.0 Å². The minimum atomic E-state index is 0.189. The molecule has 1 fully saturated rings. The first-order chi connectivity index (χ1) is 11.7. The molecule has 3 nitrogen and oxygen atoms in total. The summed E-state index contributed by atoms with van der Waals surface area (Å²) in [7, 11) is 0. The third-order valence-electron chi connectivity index (χ3n) is 4.93. The maximum absolute atomic E-state index is 11.8. The van der Waals surface area contributed by atoms with Crippen LogP contribution >= 0.6 is 0 Å². The Morgan fingerprint density at radius 3 is 2.29 bits per heavy atom. The van der Waals surface area contributed by atoms with Gasteiger partial charge in [-0.1, -0.05) is 60.7 Å². The maximum atomic E-state index is 11.8. The Bertz CT molecular complexity index is 641. The summed E-state index contributed by atoms with van der Waals surface area (Å²) in [6, 6.07) is 21.6. The molecule has 3 rings (SSSR count). The molecule has 24 heavy (non-hydrogen) atoms. The fourth-order valence-electron chi connectivity index (χ4n) is 3.56. The molecule has 1 saturated heterocycles. The molecule has 1 heterocycles. The van der Waals surface area contributed by atoms with Crippen LogP contribution in [0.15, 0.2) is 60.7 Å². The van der Waals surface area contributed by atoms with Crippen molar-refractivity contribution in [1.29, 1.82) is 0 Å². The zero-order valence-electron chi connectivity index (χ0n) is 14.3. The Labute approximate surface area is 144 Å². The average Bonchev–Trinajstić information content (AvgIpc) is 2.62. The number of rotatable bonds is 5. The number of nitrogens with one attached hydrogen (secondary N) is 1. The maximum Gasteiger partial charge on any atom is 0.219 e. The van der Waals surface area contributed by atoms with Crippen LogP contribution in [0.5, 0.6) is 0 Å². The molecule has 0 spiro atoms. The summed E-state index contributed by atoms with van der Waals surface area (Å²) in [5.74, 6) is 0.642. The van der Waals surface area contributed by atoms with Crippen molar-refractivity contribution in [3.63, 3.8) is 0 Å². The largest absolute Gasteiger partial charge is 0.343 e. The first-order valence-electron chi connectivity index (χ1n) is 8.79. The zero-order chi connectivity index (χ0) is 16.8. The summed E-state index contributed by atoms with van der Waals surface area (Å²) >= 11 is 0. The number of benzene rings is 2. The summed E-state index contributed by atoms with van der Waals surface area (Å²) < 4.78 is 0. The van der Waals surface area contributed by atoms with E-state index in [0.717, 1.165) is 32.5 Å². The van der Waals surface area contributed by atoms with Crippen molar-refractivity contribution < 1.29 is 4.79 Å². The van der Waals surface area contributed by atoms with Gasteiger partial charge < -0.3 is 10.2 Å². The number of nitrogens with zero attached hydrogens (tertiary/aromatic N) is 1. The molecule has 0 aromatic heterocycles. The number of likely N-dealkylation sites (tertiary alicyclic amines) is 1. The molecule has 126 valence electrons. The Kier molecular flexibility index (Phi) is 5.65. The molecule has 1 aliphatic rings. The smallest absolute Gasteiger partial charge is 0.219 e.